The number of fused-ring (bicyclic) bond motifs is 1. The Hall–Kier alpha value is -1.22. The van der Waals surface area contributed by atoms with Gasteiger partial charge in [-0.3, -0.25) is 0 Å². The van der Waals surface area contributed by atoms with Gasteiger partial charge in [0.1, 0.15) is 0 Å². The monoisotopic (exact) mass is 221 g/mol. The molecule has 0 amide bonds. The van der Waals surface area contributed by atoms with Gasteiger partial charge in [0, 0.05) is 6.54 Å². The van der Waals surface area contributed by atoms with Gasteiger partial charge in [0.05, 0.1) is 0 Å². The third-order valence-corrected chi connectivity index (χ3v) is 2.66. The van der Waals surface area contributed by atoms with Crippen molar-refractivity contribution in [1.82, 2.24) is 5.32 Å². The van der Waals surface area contributed by atoms with E-state index in [1.165, 1.54) is 12.0 Å². The number of hydrogen-bond acceptors (Lipinski definition) is 3. The van der Waals surface area contributed by atoms with Gasteiger partial charge in [-0.15, -0.1) is 0 Å². The van der Waals surface area contributed by atoms with Crippen molar-refractivity contribution < 1.29 is 9.47 Å². The zero-order valence-electron chi connectivity index (χ0n) is 9.95. The summed E-state index contributed by atoms with van der Waals surface area (Å²) in [6.07, 6.45) is 1.21. The predicted molar refractivity (Wildman–Crippen MR) is 63.7 cm³/mol. The van der Waals surface area contributed by atoms with Crippen LogP contribution in [0.15, 0.2) is 18.2 Å². The van der Waals surface area contributed by atoms with E-state index >= 15 is 0 Å². The highest BCUT2D eigenvalue weighted by atomic mass is 16.7. The van der Waals surface area contributed by atoms with E-state index in [0.717, 1.165) is 30.5 Å². The Balaban J connectivity index is 1.81. The minimum absolute atomic E-state index is 0.347. The van der Waals surface area contributed by atoms with Crippen LogP contribution in [0.4, 0.5) is 0 Å². The summed E-state index contributed by atoms with van der Waals surface area (Å²) in [4.78, 5) is 0. The molecule has 3 nitrogen and oxygen atoms in total. The maximum absolute atomic E-state index is 5.33. The van der Waals surface area contributed by atoms with Crippen molar-refractivity contribution in [3.63, 3.8) is 0 Å². The van der Waals surface area contributed by atoms with E-state index < -0.39 is 0 Å². The fraction of sp³-hybridized carbons (Fsp3) is 0.538. The molecule has 0 radical (unpaired) electrons. The molecule has 0 saturated heterocycles. The summed E-state index contributed by atoms with van der Waals surface area (Å²) in [5.41, 5.74) is 1.24. The Kier molecular flexibility index (Phi) is 3.67. The SMILES string of the molecule is CC(C)CCNCc1ccc2c(c1)OCO2. The minimum Gasteiger partial charge on any atom is -0.454 e. The molecule has 16 heavy (non-hydrogen) atoms. The van der Waals surface area contributed by atoms with Gasteiger partial charge < -0.3 is 14.8 Å². The molecule has 1 aliphatic rings. The number of nitrogens with one attached hydrogen (secondary N) is 1. The summed E-state index contributed by atoms with van der Waals surface area (Å²) in [5.74, 6) is 2.47. The lowest BCUT2D eigenvalue weighted by Gasteiger charge is -2.07. The molecule has 88 valence electrons. The van der Waals surface area contributed by atoms with Crippen LogP contribution in [0, 0.1) is 5.92 Å². The molecule has 1 N–H and O–H groups in total. The van der Waals surface area contributed by atoms with Crippen molar-refractivity contribution >= 4 is 0 Å². The fourth-order valence-electron chi connectivity index (χ4n) is 1.67. The maximum atomic E-state index is 5.33. The summed E-state index contributed by atoms with van der Waals surface area (Å²) in [6.45, 7) is 6.78. The lowest BCUT2D eigenvalue weighted by Crippen LogP contribution is -2.16. The number of ether oxygens (including phenoxy) is 2. The van der Waals surface area contributed by atoms with E-state index in [1.807, 2.05) is 12.1 Å². The Morgan fingerprint density at radius 3 is 2.88 bits per heavy atom. The number of hydrogen-bond donors (Lipinski definition) is 1. The van der Waals surface area contributed by atoms with Gasteiger partial charge in [-0.05, 0) is 36.6 Å². The van der Waals surface area contributed by atoms with E-state index in [2.05, 4.69) is 25.2 Å². The first-order valence-electron chi connectivity index (χ1n) is 5.85. The molecule has 2 rings (SSSR count). The molecule has 1 aliphatic heterocycles. The molecule has 0 aromatic heterocycles. The van der Waals surface area contributed by atoms with Gasteiger partial charge in [0.25, 0.3) is 0 Å². The van der Waals surface area contributed by atoms with E-state index in [-0.39, 0.29) is 0 Å². The topological polar surface area (TPSA) is 30.5 Å². The second kappa shape index (κ2) is 5.21. The maximum Gasteiger partial charge on any atom is 0.231 e. The van der Waals surface area contributed by atoms with Crippen LogP contribution in [0.3, 0.4) is 0 Å². The van der Waals surface area contributed by atoms with Gasteiger partial charge in [0.2, 0.25) is 6.79 Å². The van der Waals surface area contributed by atoms with E-state index in [4.69, 9.17) is 9.47 Å². The minimum atomic E-state index is 0.347. The average molecular weight is 221 g/mol. The smallest absolute Gasteiger partial charge is 0.231 e. The highest BCUT2D eigenvalue weighted by molar-refractivity contribution is 5.44. The first-order valence-corrected chi connectivity index (χ1v) is 5.85. The summed E-state index contributed by atoms with van der Waals surface area (Å²) in [7, 11) is 0. The van der Waals surface area contributed by atoms with Crippen molar-refractivity contribution in [3.8, 4) is 11.5 Å². The molecular formula is C13H19NO2. The molecule has 1 heterocycles. The molecule has 0 aliphatic carbocycles. The van der Waals surface area contributed by atoms with E-state index in [9.17, 15) is 0 Å². The van der Waals surface area contributed by atoms with Crippen molar-refractivity contribution in [2.75, 3.05) is 13.3 Å². The fourth-order valence-corrected chi connectivity index (χ4v) is 1.67. The van der Waals surface area contributed by atoms with Crippen molar-refractivity contribution in [3.05, 3.63) is 23.8 Å². The zero-order valence-corrected chi connectivity index (χ0v) is 9.95. The quantitative estimate of drug-likeness (QED) is 0.775. The first kappa shape index (κ1) is 11.3. The van der Waals surface area contributed by atoms with Crippen LogP contribution in [0.5, 0.6) is 11.5 Å². The van der Waals surface area contributed by atoms with Crippen molar-refractivity contribution in [2.45, 2.75) is 26.8 Å². The van der Waals surface area contributed by atoms with Crippen molar-refractivity contribution in [1.29, 1.82) is 0 Å². The second-order valence-electron chi connectivity index (χ2n) is 4.55. The van der Waals surface area contributed by atoms with Crippen molar-refractivity contribution in [2.24, 2.45) is 5.92 Å². The van der Waals surface area contributed by atoms with Crippen LogP contribution in [-0.4, -0.2) is 13.3 Å². The van der Waals surface area contributed by atoms with Crippen LogP contribution in [-0.2, 0) is 6.54 Å². The van der Waals surface area contributed by atoms with E-state index in [1.54, 1.807) is 0 Å². The Labute approximate surface area is 96.8 Å². The lowest BCUT2D eigenvalue weighted by molar-refractivity contribution is 0.174. The van der Waals surface area contributed by atoms with Gasteiger partial charge in [-0.25, -0.2) is 0 Å². The Morgan fingerprint density at radius 1 is 1.25 bits per heavy atom. The molecule has 1 aromatic carbocycles. The summed E-state index contributed by atoms with van der Waals surface area (Å²) in [6, 6.07) is 6.10. The van der Waals surface area contributed by atoms with Gasteiger partial charge in [-0.2, -0.15) is 0 Å². The van der Waals surface area contributed by atoms with Crippen LogP contribution < -0.4 is 14.8 Å². The third kappa shape index (κ3) is 2.89. The van der Waals surface area contributed by atoms with Gasteiger partial charge in [0.15, 0.2) is 11.5 Å². The number of benzene rings is 1. The van der Waals surface area contributed by atoms with E-state index in [0.29, 0.717) is 6.79 Å². The first-order chi connectivity index (χ1) is 7.75. The summed E-state index contributed by atoms with van der Waals surface area (Å²) < 4.78 is 10.6. The van der Waals surface area contributed by atoms with Gasteiger partial charge >= 0.3 is 0 Å². The van der Waals surface area contributed by atoms with Crippen LogP contribution in [0.1, 0.15) is 25.8 Å². The van der Waals surface area contributed by atoms with Crippen LogP contribution in [0.25, 0.3) is 0 Å². The molecular weight excluding hydrogens is 202 g/mol. The van der Waals surface area contributed by atoms with Crippen LogP contribution >= 0.6 is 0 Å². The average Bonchev–Trinajstić information content (AvgIpc) is 2.71. The molecule has 0 unspecified atom stereocenters. The Morgan fingerprint density at radius 2 is 2.06 bits per heavy atom. The second-order valence-corrected chi connectivity index (χ2v) is 4.55. The van der Waals surface area contributed by atoms with Crippen LogP contribution in [0.2, 0.25) is 0 Å². The summed E-state index contributed by atoms with van der Waals surface area (Å²) in [5, 5.41) is 3.43. The standard InChI is InChI=1S/C13H19NO2/c1-10(2)5-6-14-8-11-3-4-12-13(7-11)16-9-15-12/h3-4,7,10,14H,5-6,8-9H2,1-2H3. The molecule has 0 atom stereocenters. The molecule has 0 bridgehead atoms. The predicted octanol–water partition coefficient (Wildman–Crippen LogP) is 2.55. The molecule has 1 aromatic rings. The van der Waals surface area contributed by atoms with Gasteiger partial charge in [-0.1, -0.05) is 19.9 Å². The molecule has 3 heteroatoms. The molecule has 0 fully saturated rings. The third-order valence-electron chi connectivity index (χ3n) is 2.66. The zero-order chi connectivity index (χ0) is 11.4. The Bertz CT molecular complexity index is 350. The largest absolute Gasteiger partial charge is 0.454 e. The lowest BCUT2D eigenvalue weighted by atomic mass is 10.1. The summed E-state index contributed by atoms with van der Waals surface area (Å²) >= 11 is 0. The molecule has 0 spiro atoms. The normalized spacial score (nSPS) is 13.4. The number of rotatable bonds is 5. The highest BCUT2D eigenvalue weighted by Crippen LogP contribution is 2.32. The molecule has 0 saturated carbocycles. The highest BCUT2D eigenvalue weighted by Gasteiger charge is 2.12.